The monoisotopic (exact) mass is 408 g/mol. The van der Waals surface area contributed by atoms with Gasteiger partial charge in [-0.1, -0.05) is 13.8 Å². The highest BCUT2D eigenvalue weighted by Crippen LogP contribution is 2.46. The Hall–Kier alpha value is -2.22. The van der Waals surface area contributed by atoms with E-state index in [2.05, 4.69) is 58.8 Å². The van der Waals surface area contributed by atoms with Gasteiger partial charge < -0.3 is 15.1 Å². The molecule has 7 nitrogen and oxygen atoms in total. The van der Waals surface area contributed by atoms with E-state index in [1.807, 2.05) is 0 Å². The number of nitrogens with zero attached hydrogens (tertiary/aromatic N) is 4. The number of rotatable bonds is 6. The SMILES string of the molecule is CCNNc1ccc(-c2nc3c(c(N4CCOCC4)n2)C2CCC(C3)N2CC)cc1. The van der Waals surface area contributed by atoms with Gasteiger partial charge in [0.05, 0.1) is 18.9 Å². The smallest absolute Gasteiger partial charge is 0.161 e. The molecule has 0 saturated carbocycles. The molecule has 3 aliphatic rings. The minimum atomic E-state index is 0.460. The van der Waals surface area contributed by atoms with Gasteiger partial charge in [0, 0.05) is 55.0 Å². The van der Waals surface area contributed by atoms with Crippen molar-refractivity contribution in [2.24, 2.45) is 0 Å². The molecule has 2 N–H and O–H groups in total. The molecule has 2 saturated heterocycles. The van der Waals surface area contributed by atoms with Crippen molar-refractivity contribution >= 4 is 11.5 Å². The molecule has 0 amide bonds. The summed E-state index contributed by atoms with van der Waals surface area (Å²) < 4.78 is 5.62. The number of hydrogen-bond donors (Lipinski definition) is 2. The van der Waals surface area contributed by atoms with Gasteiger partial charge in [-0.15, -0.1) is 0 Å². The highest BCUT2D eigenvalue weighted by molar-refractivity contribution is 5.64. The Balaban J connectivity index is 1.55. The fourth-order valence-corrected chi connectivity index (χ4v) is 5.21. The van der Waals surface area contributed by atoms with Crippen LogP contribution < -0.4 is 15.8 Å². The highest BCUT2D eigenvalue weighted by atomic mass is 16.5. The molecule has 2 aromatic rings. The average molecular weight is 409 g/mol. The lowest BCUT2D eigenvalue weighted by Gasteiger charge is -2.38. The van der Waals surface area contributed by atoms with Gasteiger partial charge in [-0.05, 0) is 43.7 Å². The van der Waals surface area contributed by atoms with E-state index in [0.29, 0.717) is 12.1 Å². The van der Waals surface area contributed by atoms with Gasteiger partial charge in [-0.2, -0.15) is 0 Å². The van der Waals surface area contributed by atoms with Crippen molar-refractivity contribution in [3.63, 3.8) is 0 Å². The Morgan fingerprint density at radius 1 is 1.07 bits per heavy atom. The third kappa shape index (κ3) is 3.55. The van der Waals surface area contributed by atoms with Crippen LogP contribution in [0.25, 0.3) is 11.4 Å². The summed E-state index contributed by atoms with van der Waals surface area (Å²) >= 11 is 0. The zero-order valence-corrected chi connectivity index (χ0v) is 18.0. The molecule has 1 aromatic heterocycles. The van der Waals surface area contributed by atoms with Crippen molar-refractivity contribution in [2.45, 2.75) is 45.2 Å². The molecule has 160 valence electrons. The van der Waals surface area contributed by atoms with E-state index < -0.39 is 0 Å². The van der Waals surface area contributed by atoms with Crippen molar-refractivity contribution in [1.82, 2.24) is 20.3 Å². The summed E-state index contributed by atoms with van der Waals surface area (Å²) in [7, 11) is 0. The Kier molecular flexibility index (Phi) is 5.58. The molecule has 0 spiro atoms. The molecule has 1 aromatic carbocycles. The van der Waals surface area contributed by atoms with Crippen molar-refractivity contribution in [3.05, 3.63) is 35.5 Å². The first-order valence-corrected chi connectivity index (χ1v) is 11.4. The summed E-state index contributed by atoms with van der Waals surface area (Å²) in [5.74, 6) is 1.98. The number of likely N-dealkylation sites (N-methyl/N-ethyl adjacent to an activating group) is 1. The minimum absolute atomic E-state index is 0.460. The molecule has 30 heavy (non-hydrogen) atoms. The topological polar surface area (TPSA) is 65.5 Å². The lowest BCUT2D eigenvalue weighted by molar-refractivity contribution is 0.121. The number of fused-ring (bicyclic) bond motifs is 4. The molecule has 4 heterocycles. The first-order valence-electron chi connectivity index (χ1n) is 11.4. The van der Waals surface area contributed by atoms with Crippen LogP contribution in [0.3, 0.4) is 0 Å². The zero-order chi connectivity index (χ0) is 20.5. The molecule has 2 atom stereocenters. The van der Waals surface area contributed by atoms with Crippen LogP contribution in [0.1, 0.15) is 44.0 Å². The summed E-state index contributed by atoms with van der Waals surface area (Å²) in [6.45, 7) is 9.65. The van der Waals surface area contributed by atoms with Gasteiger partial charge in [0.25, 0.3) is 0 Å². The second-order valence-electron chi connectivity index (χ2n) is 8.34. The summed E-state index contributed by atoms with van der Waals surface area (Å²) in [6, 6.07) is 9.47. The van der Waals surface area contributed by atoms with Gasteiger partial charge in [0.15, 0.2) is 5.82 Å². The molecule has 3 aliphatic heterocycles. The largest absolute Gasteiger partial charge is 0.378 e. The average Bonchev–Trinajstić information content (AvgIpc) is 3.10. The summed E-state index contributed by atoms with van der Waals surface area (Å²) in [5.41, 5.74) is 11.1. The van der Waals surface area contributed by atoms with Crippen molar-refractivity contribution in [3.8, 4) is 11.4 Å². The third-order valence-electron chi connectivity index (χ3n) is 6.64. The van der Waals surface area contributed by atoms with E-state index in [1.54, 1.807) is 0 Å². The molecule has 2 fully saturated rings. The predicted octanol–water partition coefficient (Wildman–Crippen LogP) is 3.00. The van der Waals surface area contributed by atoms with Crippen LogP contribution in [-0.2, 0) is 11.2 Å². The van der Waals surface area contributed by atoms with Crippen LogP contribution in [0, 0.1) is 0 Å². The highest BCUT2D eigenvalue weighted by Gasteiger charge is 2.42. The lowest BCUT2D eigenvalue weighted by atomic mass is 9.97. The van der Waals surface area contributed by atoms with E-state index in [1.165, 1.54) is 24.1 Å². The minimum Gasteiger partial charge on any atom is -0.378 e. The van der Waals surface area contributed by atoms with Crippen molar-refractivity contribution in [2.75, 3.05) is 49.7 Å². The Labute approximate surface area is 178 Å². The maximum absolute atomic E-state index is 5.62. The third-order valence-corrected chi connectivity index (χ3v) is 6.64. The first-order chi connectivity index (χ1) is 14.8. The molecule has 0 aliphatic carbocycles. The normalized spacial score (nSPS) is 23.5. The number of nitrogens with one attached hydrogen (secondary N) is 2. The molecular formula is C23H32N6O. The van der Waals surface area contributed by atoms with Crippen molar-refractivity contribution in [1.29, 1.82) is 0 Å². The second-order valence-corrected chi connectivity index (χ2v) is 8.34. The molecule has 7 heteroatoms. The van der Waals surface area contributed by atoms with Crippen LogP contribution in [0.4, 0.5) is 11.5 Å². The van der Waals surface area contributed by atoms with E-state index >= 15 is 0 Å². The molecule has 2 bridgehead atoms. The molecule has 5 rings (SSSR count). The van der Waals surface area contributed by atoms with Gasteiger partial charge in [0.1, 0.15) is 5.82 Å². The van der Waals surface area contributed by atoms with E-state index in [-0.39, 0.29) is 0 Å². The first kappa shape index (κ1) is 19.7. The summed E-state index contributed by atoms with van der Waals surface area (Å²) in [6.07, 6.45) is 3.51. The second kappa shape index (κ2) is 8.49. The number of ether oxygens (including phenoxy) is 1. The van der Waals surface area contributed by atoms with Gasteiger partial charge in [0.2, 0.25) is 0 Å². The fourth-order valence-electron chi connectivity index (χ4n) is 5.21. The van der Waals surface area contributed by atoms with Crippen LogP contribution in [0.2, 0.25) is 0 Å². The number of morpholine rings is 1. The Bertz CT molecular complexity index is 880. The zero-order valence-electron chi connectivity index (χ0n) is 18.0. The number of hydrazine groups is 1. The fraction of sp³-hybridized carbons (Fsp3) is 0.565. The van der Waals surface area contributed by atoms with E-state index in [4.69, 9.17) is 14.7 Å². The molecular weight excluding hydrogens is 376 g/mol. The number of aromatic nitrogens is 2. The van der Waals surface area contributed by atoms with Crippen LogP contribution in [0.5, 0.6) is 0 Å². The van der Waals surface area contributed by atoms with E-state index in [0.717, 1.165) is 68.7 Å². The quantitative estimate of drug-likeness (QED) is 0.713. The Morgan fingerprint density at radius 2 is 1.87 bits per heavy atom. The maximum Gasteiger partial charge on any atom is 0.161 e. The number of anilines is 2. The summed E-state index contributed by atoms with van der Waals surface area (Å²) in [4.78, 5) is 15.3. The van der Waals surface area contributed by atoms with Gasteiger partial charge >= 0.3 is 0 Å². The van der Waals surface area contributed by atoms with Crippen LogP contribution in [-0.4, -0.2) is 60.3 Å². The lowest BCUT2D eigenvalue weighted by Crippen LogP contribution is -2.42. The van der Waals surface area contributed by atoms with Crippen LogP contribution in [0.15, 0.2) is 24.3 Å². The number of benzene rings is 1. The maximum atomic E-state index is 5.62. The standard InChI is InChI=1S/C23H32N6O/c1-3-24-27-17-7-5-16(6-8-17)22-25-19-15-18-9-10-20(29(18)4-2)21(19)23(26-22)28-11-13-30-14-12-28/h5-8,18,20,24,27H,3-4,9-15H2,1-2H3. The summed E-state index contributed by atoms with van der Waals surface area (Å²) in [5, 5.41) is 0. The number of hydrogen-bond acceptors (Lipinski definition) is 7. The van der Waals surface area contributed by atoms with Crippen LogP contribution >= 0.6 is 0 Å². The Morgan fingerprint density at radius 3 is 2.60 bits per heavy atom. The van der Waals surface area contributed by atoms with Gasteiger partial charge in [-0.3, -0.25) is 4.90 Å². The molecule has 0 radical (unpaired) electrons. The van der Waals surface area contributed by atoms with Gasteiger partial charge in [-0.25, -0.2) is 15.4 Å². The van der Waals surface area contributed by atoms with E-state index in [9.17, 15) is 0 Å². The van der Waals surface area contributed by atoms with Crippen molar-refractivity contribution < 1.29 is 4.74 Å². The molecule has 2 unspecified atom stereocenters. The predicted molar refractivity (Wildman–Crippen MR) is 120 cm³/mol.